The van der Waals surface area contributed by atoms with E-state index in [0.717, 1.165) is 103 Å². The van der Waals surface area contributed by atoms with E-state index in [1.54, 1.807) is 0 Å². The number of allylic oxidation sites excluding steroid dienone is 17. The molecule has 0 fully saturated rings. The highest BCUT2D eigenvalue weighted by atomic mass is 31.2. The van der Waals surface area contributed by atoms with Crippen molar-refractivity contribution in [2.45, 2.75) is 341 Å². The van der Waals surface area contributed by atoms with Gasteiger partial charge in [-0.3, -0.25) is 18.6 Å². The quantitative estimate of drug-likeness (QED) is 0.0205. The first kappa shape index (κ1) is 85.7. The molecule has 0 heterocycles. The Morgan fingerprint density at radius 2 is 0.719 bits per heavy atom. The first-order valence-electron chi connectivity index (χ1n) is 37.2. The number of rotatable bonds is 67. The van der Waals surface area contributed by atoms with E-state index in [1.807, 2.05) is 33.3 Å². The van der Waals surface area contributed by atoms with Gasteiger partial charge in [0, 0.05) is 12.8 Å². The number of amides is 1. The van der Waals surface area contributed by atoms with Crippen molar-refractivity contribution in [1.29, 1.82) is 0 Å². The molecule has 0 saturated heterocycles. The van der Waals surface area contributed by atoms with Gasteiger partial charge in [-0.1, -0.05) is 310 Å². The molecule has 514 valence electrons. The third kappa shape index (κ3) is 68.9. The third-order valence-corrected chi connectivity index (χ3v) is 17.2. The maximum absolute atomic E-state index is 13.7. The van der Waals surface area contributed by atoms with E-state index in [0.29, 0.717) is 17.4 Å². The monoisotopic (exact) mass is 1260 g/mol. The number of carbonyl (C=O) groups excluding carboxylic acids is 2. The van der Waals surface area contributed by atoms with Crippen molar-refractivity contribution in [2.75, 3.05) is 40.9 Å². The number of hydrogen-bond acceptors (Lipinski definition) is 6. The molecule has 0 spiro atoms. The van der Waals surface area contributed by atoms with Crippen molar-refractivity contribution in [2.24, 2.45) is 0 Å². The van der Waals surface area contributed by atoms with E-state index in [9.17, 15) is 19.0 Å². The van der Waals surface area contributed by atoms with E-state index < -0.39 is 20.0 Å². The molecular formula is C79H142N2O7P+. The second-order valence-corrected chi connectivity index (χ2v) is 27.5. The number of phosphoric acid groups is 1. The predicted octanol–water partition coefficient (Wildman–Crippen LogP) is 24.0. The average molecular weight is 1260 g/mol. The van der Waals surface area contributed by atoms with Crippen LogP contribution in [0, 0.1) is 0 Å². The summed E-state index contributed by atoms with van der Waals surface area (Å²) < 4.78 is 30.9. The predicted molar refractivity (Wildman–Crippen MR) is 387 cm³/mol. The number of quaternary nitrogens is 1. The van der Waals surface area contributed by atoms with E-state index in [-0.39, 0.29) is 31.5 Å². The van der Waals surface area contributed by atoms with Gasteiger partial charge < -0.3 is 19.4 Å². The fourth-order valence-electron chi connectivity index (χ4n) is 10.5. The Kier molecular flexibility index (Phi) is 65.0. The van der Waals surface area contributed by atoms with Crippen molar-refractivity contribution < 1.29 is 37.3 Å². The second kappa shape index (κ2) is 67.6. The minimum atomic E-state index is -4.47. The molecule has 0 aromatic rings. The number of nitrogens with one attached hydrogen (secondary N) is 1. The number of likely N-dealkylation sites (N-methyl/N-ethyl adjacent to an activating group) is 1. The number of ether oxygens (including phenoxy) is 1. The van der Waals surface area contributed by atoms with Gasteiger partial charge in [-0.15, -0.1) is 0 Å². The van der Waals surface area contributed by atoms with Crippen molar-refractivity contribution in [1.82, 2.24) is 5.32 Å². The second-order valence-electron chi connectivity index (χ2n) is 26.1. The lowest BCUT2D eigenvalue weighted by Crippen LogP contribution is -2.47. The van der Waals surface area contributed by atoms with Gasteiger partial charge in [0.2, 0.25) is 5.91 Å². The van der Waals surface area contributed by atoms with Crippen LogP contribution in [0.3, 0.4) is 0 Å². The smallest absolute Gasteiger partial charge is 0.456 e. The van der Waals surface area contributed by atoms with Gasteiger partial charge in [-0.05, 0) is 115 Å². The normalized spacial score (nSPS) is 14.1. The molecule has 10 heteroatoms. The maximum atomic E-state index is 13.7. The topological polar surface area (TPSA) is 111 Å². The zero-order chi connectivity index (χ0) is 64.9. The molecule has 0 aliphatic rings. The van der Waals surface area contributed by atoms with Crippen LogP contribution >= 0.6 is 7.82 Å². The minimum absolute atomic E-state index is 0.0351. The Hall–Kier alpha value is -3.33. The standard InChI is InChI=1S/C79H141N2O7P/c1-7-10-13-16-19-22-25-28-30-32-34-36-38-39-40-41-43-44-46-48-50-53-56-59-62-65-68-71-78(82)80-76(75-87-89(84,85)86-74-73-81(4,5)6)77(70-67-64-61-58-55-52-27-24-21-18-15-12-9-3)88-79(83)72-69-66-63-60-57-54-51-49-47-45-42-37-35-33-31-29-26-23-20-17-14-11-8-2/h10,13,19-20,22-23,28-31,34-37,39-40,67,70,76-77H,7-9,11-12,14-18,21,24-27,32-33,38,41-66,68-69,71-75H2,1-6H3,(H-,80,82,84,85)/p+1/b13-10-,22-19-,23-20-,30-28-,31-29-,36-34-,37-35-,40-39-,70-67-. The molecule has 0 saturated carbocycles. The highest BCUT2D eigenvalue weighted by molar-refractivity contribution is 7.47. The zero-order valence-electron chi connectivity index (χ0n) is 58.9. The van der Waals surface area contributed by atoms with Gasteiger partial charge in [0.05, 0.1) is 33.8 Å². The summed E-state index contributed by atoms with van der Waals surface area (Å²) in [5.41, 5.74) is 0. The lowest BCUT2D eigenvalue weighted by molar-refractivity contribution is -0.870. The first-order valence-corrected chi connectivity index (χ1v) is 38.7. The van der Waals surface area contributed by atoms with Crippen LogP contribution in [0.5, 0.6) is 0 Å². The Balaban J connectivity index is 5.07. The van der Waals surface area contributed by atoms with Crippen LogP contribution in [0.25, 0.3) is 0 Å². The molecule has 0 aromatic heterocycles. The number of unbranched alkanes of at least 4 members (excludes halogenated alkanes) is 35. The molecule has 3 atom stereocenters. The molecule has 1 amide bonds. The number of phosphoric ester groups is 1. The van der Waals surface area contributed by atoms with Crippen molar-refractivity contribution in [3.8, 4) is 0 Å². The van der Waals surface area contributed by atoms with Crippen LogP contribution in [0.15, 0.2) is 109 Å². The molecular weight excluding hydrogens is 1120 g/mol. The van der Waals surface area contributed by atoms with Gasteiger partial charge in [0.1, 0.15) is 19.3 Å². The molecule has 0 rings (SSSR count). The van der Waals surface area contributed by atoms with Crippen LogP contribution in [0.4, 0.5) is 0 Å². The molecule has 89 heavy (non-hydrogen) atoms. The number of carbonyl (C=O) groups is 2. The lowest BCUT2D eigenvalue weighted by atomic mass is 10.0. The molecule has 0 aromatic carbocycles. The van der Waals surface area contributed by atoms with Gasteiger partial charge in [-0.2, -0.15) is 0 Å². The molecule has 0 radical (unpaired) electrons. The van der Waals surface area contributed by atoms with Crippen molar-refractivity contribution >= 4 is 19.7 Å². The van der Waals surface area contributed by atoms with E-state index in [1.165, 1.54) is 193 Å². The molecule has 3 unspecified atom stereocenters. The fraction of sp³-hybridized carbons (Fsp3) is 0.747. The summed E-state index contributed by atoms with van der Waals surface area (Å²) in [6, 6.07) is -0.859. The van der Waals surface area contributed by atoms with Crippen LogP contribution in [-0.4, -0.2) is 74.3 Å². The van der Waals surface area contributed by atoms with Gasteiger partial charge in [0.15, 0.2) is 0 Å². The summed E-state index contributed by atoms with van der Waals surface area (Å²) in [7, 11) is 1.49. The van der Waals surface area contributed by atoms with Gasteiger partial charge >= 0.3 is 13.8 Å². The van der Waals surface area contributed by atoms with Crippen LogP contribution in [-0.2, 0) is 27.9 Å². The SMILES string of the molecule is CC/C=C\C/C=C\C/C=C\C/C=C\C/C=C\CCCCCCCCCCCCCC(=O)NC(COP(=O)(O)OCC[N+](C)(C)C)C(/C=C\CCCCCCCCCCCCC)OC(=O)CCCCCCCCCCCC/C=C\C/C=C\C/C=C\CCCCC. The van der Waals surface area contributed by atoms with Gasteiger partial charge in [-0.25, -0.2) is 4.57 Å². The molecule has 0 aliphatic heterocycles. The molecule has 0 bridgehead atoms. The Labute approximate surface area is 551 Å². The summed E-state index contributed by atoms with van der Waals surface area (Å²) >= 11 is 0. The minimum Gasteiger partial charge on any atom is -0.456 e. The summed E-state index contributed by atoms with van der Waals surface area (Å²) in [6.45, 7) is 6.90. The van der Waals surface area contributed by atoms with Crippen LogP contribution in [0.2, 0.25) is 0 Å². The van der Waals surface area contributed by atoms with Crippen LogP contribution in [0.1, 0.15) is 329 Å². The highest BCUT2D eigenvalue weighted by Gasteiger charge is 2.30. The number of hydrogen-bond donors (Lipinski definition) is 2. The number of nitrogens with zero attached hydrogens (tertiary/aromatic N) is 1. The Bertz CT molecular complexity index is 1890. The first-order chi connectivity index (χ1) is 43.4. The Morgan fingerprint density at radius 3 is 1.10 bits per heavy atom. The van der Waals surface area contributed by atoms with E-state index in [2.05, 4.69) is 123 Å². The zero-order valence-corrected chi connectivity index (χ0v) is 59.8. The van der Waals surface area contributed by atoms with Gasteiger partial charge in [0.25, 0.3) is 0 Å². The summed E-state index contributed by atoms with van der Waals surface area (Å²) in [6.07, 6.45) is 93.8. The van der Waals surface area contributed by atoms with E-state index in [4.69, 9.17) is 13.8 Å². The summed E-state index contributed by atoms with van der Waals surface area (Å²) in [4.78, 5) is 38.0. The highest BCUT2D eigenvalue weighted by Crippen LogP contribution is 2.43. The molecule has 9 nitrogen and oxygen atoms in total. The number of esters is 1. The largest absolute Gasteiger partial charge is 0.472 e. The Morgan fingerprint density at radius 1 is 0.404 bits per heavy atom. The van der Waals surface area contributed by atoms with Crippen molar-refractivity contribution in [3.05, 3.63) is 109 Å². The third-order valence-electron chi connectivity index (χ3n) is 16.2. The van der Waals surface area contributed by atoms with Crippen molar-refractivity contribution in [3.63, 3.8) is 0 Å². The maximum Gasteiger partial charge on any atom is 0.472 e. The fourth-order valence-corrected chi connectivity index (χ4v) is 11.2. The summed E-state index contributed by atoms with van der Waals surface area (Å²) in [5.74, 6) is -0.508. The average Bonchev–Trinajstić information content (AvgIpc) is 3.65. The molecule has 0 aliphatic carbocycles. The summed E-state index contributed by atoms with van der Waals surface area (Å²) in [5, 5.41) is 3.08. The molecule has 2 N–H and O–H groups in total. The van der Waals surface area contributed by atoms with Crippen LogP contribution < -0.4 is 5.32 Å². The lowest BCUT2D eigenvalue weighted by Gasteiger charge is -2.27. The van der Waals surface area contributed by atoms with E-state index >= 15 is 0 Å².